The fourth-order valence-electron chi connectivity index (χ4n) is 2.03. The number of methoxy groups -OCH3 is 1. The van der Waals surface area contributed by atoms with Crippen molar-refractivity contribution in [3.63, 3.8) is 0 Å². The van der Waals surface area contributed by atoms with Gasteiger partial charge in [-0.3, -0.25) is 4.98 Å². The van der Waals surface area contributed by atoms with Crippen molar-refractivity contribution in [3.8, 4) is 5.75 Å². The van der Waals surface area contributed by atoms with Crippen LogP contribution in [0.25, 0.3) is 0 Å². The summed E-state index contributed by atoms with van der Waals surface area (Å²) in [6.45, 7) is 3.88. The van der Waals surface area contributed by atoms with Crippen LogP contribution in [0.3, 0.4) is 0 Å². The van der Waals surface area contributed by atoms with Crippen molar-refractivity contribution >= 4 is 0 Å². The molecule has 0 saturated heterocycles. The third-order valence-corrected chi connectivity index (χ3v) is 3.02. The molecule has 1 unspecified atom stereocenters. The molecule has 0 saturated carbocycles. The Kier molecular flexibility index (Phi) is 4.06. The van der Waals surface area contributed by atoms with E-state index >= 15 is 0 Å². The zero-order valence-electron chi connectivity index (χ0n) is 11.3. The molecule has 0 radical (unpaired) electrons. The minimum absolute atomic E-state index is 0.368. The molecular formula is C14H17N3O2. The fraction of sp³-hybridized carbons (Fsp3) is 0.357. The van der Waals surface area contributed by atoms with Crippen molar-refractivity contribution < 1.29 is 9.84 Å². The summed E-state index contributed by atoms with van der Waals surface area (Å²) in [5.41, 5.74) is 2.72. The maximum absolute atomic E-state index is 10.1. The number of hydrogen-bond acceptors (Lipinski definition) is 5. The quantitative estimate of drug-likeness (QED) is 0.906. The minimum Gasteiger partial charge on any atom is -0.496 e. The van der Waals surface area contributed by atoms with E-state index in [9.17, 15) is 5.11 Å². The van der Waals surface area contributed by atoms with Gasteiger partial charge in [-0.05, 0) is 19.9 Å². The summed E-state index contributed by atoms with van der Waals surface area (Å²) in [6, 6.07) is 1.72. The summed E-state index contributed by atoms with van der Waals surface area (Å²) in [5, 5.41) is 10.1. The van der Waals surface area contributed by atoms with E-state index in [1.54, 1.807) is 31.8 Å². The topological polar surface area (TPSA) is 68.1 Å². The lowest BCUT2D eigenvalue weighted by Crippen LogP contribution is -2.09. The second kappa shape index (κ2) is 5.75. The standard InChI is InChI=1S/C14H17N3O2/c1-9-8-17-11(10(2)13(9)19-3)7-12(18)14-15-5-4-6-16-14/h4-6,8,12,18H,7H2,1-3H3. The normalized spacial score (nSPS) is 12.2. The van der Waals surface area contributed by atoms with Gasteiger partial charge in [0.1, 0.15) is 11.9 Å². The van der Waals surface area contributed by atoms with E-state index in [0.717, 1.165) is 22.6 Å². The van der Waals surface area contributed by atoms with E-state index < -0.39 is 6.10 Å². The van der Waals surface area contributed by atoms with E-state index in [4.69, 9.17) is 4.74 Å². The summed E-state index contributed by atoms with van der Waals surface area (Å²) in [7, 11) is 1.63. The van der Waals surface area contributed by atoms with Crippen molar-refractivity contribution in [1.29, 1.82) is 0 Å². The van der Waals surface area contributed by atoms with Crippen molar-refractivity contribution in [2.75, 3.05) is 7.11 Å². The second-order valence-electron chi connectivity index (χ2n) is 4.37. The lowest BCUT2D eigenvalue weighted by atomic mass is 10.1. The third kappa shape index (κ3) is 2.88. The summed E-state index contributed by atoms with van der Waals surface area (Å²) < 4.78 is 5.35. The van der Waals surface area contributed by atoms with Gasteiger partial charge < -0.3 is 9.84 Å². The molecule has 5 heteroatoms. The van der Waals surface area contributed by atoms with Crippen LogP contribution >= 0.6 is 0 Å². The SMILES string of the molecule is COc1c(C)cnc(CC(O)c2ncccn2)c1C. The molecule has 2 aromatic rings. The largest absolute Gasteiger partial charge is 0.496 e. The molecule has 1 atom stereocenters. The van der Waals surface area contributed by atoms with Gasteiger partial charge in [-0.2, -0.15) is 0 Å². The van der Waals surface area contributed by atoms with E-state index in [1.807, 2.05) is 13.8 Å². The molecule has 0 aliphatic heterocycles. The number of nitrogens with zero attached hydrogens (tertiary/aromatic N) is 3. The van der Waals surface area contributed by atoms with Crippen LogP contribution in [0.15, 0.2) is 24.7 Å². The number of aliphatic hydroxyl groups excluding tert-OH is 1. The van der Waals surface area contributed by atoms with Crippen LogP contribution in [0.2, 0.25) is 0 Å². The highest BCUT2D eigenvalue weighted by molar-refractivity contribution is 5.41. The average molecular weight is 259 g/mol. The minimum atomic E-state index is -0.764. The van der Waals surface area contributed by atoms with Gasteiger partial charge in [-0.1, -0.05) is 0 Å². The predicted molar refractivity (Wildman–Crippen MR) is 71.0 cm³/mol. The van der Waals surface area contributed by atoms with Crippen LogP contribution in [-0.2, 0) is 6.42 Å². The zero-order chi connectivity index (χ0) is 13.8. The Bertz CT molecular complexity index is 558. The molecule has 2 heterocycles. The van der Waals surface area contributed by atoms with Gasteiger partial charge in [0.2, 0.25) is 0 Å². The monoisotopic (exact) mass is 259 g/mol. The highest BCUT2D eigenvalue weighted by atomic mass is 16.5. The predicted octanol–water partition coefficient (Wildman–Crippen LogP) is 1.77. The van der Waals surface area contributed by atoms with Crippen LogP contribution in [0, 0.1) is 13.8 Å². The summed E-state index contributed by atoms with van der Waals surface area (Å²) in [6.07, 6.45) is 4.58. The maximum atomic E-state index is 10.1. The second-order valence-corrected chi connectivity index (χ2v) is 4.37. The van der Waals surface area contributed by atoms with Gasteiger partial charge in [0.05, 0.1) is 7.11 Å². The molecule has 0 fully saturated rings. The van der Waals surface area contributed by atoms with Gasteiger partial charge in [-0.15, -0.1) is 0 Å². The Morgan fingerprint density at radius 3 is 2.53 bits per heavy atom. The van der Waals surface area contributed by atoms with Crippen molar-refractivity contribution in [2.24, 2.45) is 0 Å². The number of aliphatic hydroxyl groups is 1. The van der Waals surface area contributed by atoms with E-state index in [2.05, 4.69) is 15.0 Å². The molecule has 0 aliphatic rings. The van der Waals surface area contributed by atoms with Crippen LogP contribution in [-0.4, -0.2) is 27.2 Å². The number of aromatic nitrogens is 3. The molecule has 0 amide bonds. The number of rotatable bonds is 4. The Morgan fingerprint density at radius 1 is 1.21 bits per heavy atom. The zero-order valence-corrected chi connectivity index (χ0v) is 11.3. The molecule has 0 spiro atoms. The van der Waals surface area contributed by atoms with Gasteiger partial charge in [0.25, 0.3) is 0 Å². The molecule has 5 nitrogen and oxygen atoms in total. The van der Waals surface area contributed by atoms with Crippen molar-refractivity contribution in [3.05, 3.63) is 47.3 Å². The Morgan fingerprint density at radius 2 is 1.89 bits per heavy atom. The molecule has 2 rings (SSSR count). The van der Waals surface area contributed by atoms with Gasteiger partial charge in [0.15, 0.2) is 5.82 Å². The van der Waals surface area contributed by atoms with E-state index in [-0.39, 0.29) is 0 Å². The van der Waals surface area contributed by atoms with Crippen LogP contribution in [0.1, 0.15) is 28.7 Å². The molecular weight excluding hydrogens is 242 g/mol. The van der Waals surface area contributed by atoms with Gasteiger partial charge in [0, 0.05) is 41.8 Å². The Hall–Kier alpha value is -2.01. The van der Waals surface area contributed by atoms with Crippen LogP contribution < -0.4 is 4.74 Å². The molecule has 0 aromatic carbocycles. The van der Waals surface area contributed by atoms with E-state index in [1.165, 1.54) is 0 Å². The van der Waals surface area contributed by atoms with Gasteiger partial charge >= 0.3 is 0 Å². The highest BCUT2D eigenvalue weighted by Crippen LogP contribution is 2.26. The van der Waals surface area contributed by atoms with Crippen LogP contribution in [0.5, 0.6) is 5.75 Å². The van der Waals surface area contributed by atoms with Crippen molar-refractivity contribution in [1.82, 2.24) is 15.0 Å². The summed E-state index contributed by atoms with van der Waals surface area (Å²) >= 11 is 0. The first-order chi connectivity index (χ1) is 9.13. The smallest absolute Gasteiger partial charge is 0.157 e. The molecule has 2 aromatic heterocycles. The molecule has 0 aliphatic carbocycles. The number of aryl methyl sites for hydroxylation is 1. The maximum Gasteiger partial charge on any atom is 0.157 e. The van der Waals surface area contributed by atoms with E-state index in [0.29, 0.717) is 12.2 Å². The lowest BCUT2D eigenvalue weighted by molar-refractivity contribution is 0.166. The molecule has 100 valence electrons. The molecule has 1 N–H and O–H groups in total. The summed E-state index contributed by atoms with van der Waals surface area (Å²) in [4.78, 5) is 12.4. The Labute approximate surface area is 112 Å². The first kappa shape index (κ1) is 13.4. The lowest BCUT2D eigenvalue weighted by Gasteiger charge is -2.14. The highest BCUT2D eigenvalue weighted by Gasteiger charge is 2.16. The molecule has 19 heavy (non-hydrogen) atoms. The van der Waals surface area contributed by atoms with Crippen molar-refractivity contribution in [2.45, 2.75) is 26.4 Å². The average Bonchev–Trinajstić information content (AvgIpc) is 2.43. The summed E-state index contributed by atoms with van der Waals surface area (Å²) in [5.74, 6) is 1.22. The number of hydrogen-bond donors (Lipinski definition) is 1. The number of pyridine rings is 1. The fourth-order valence-corrected chi connectivity index (χ4v) is 2.03. The Balaban J connectivity index is 2.25. The third-order valence-electron chi connectivity index (χ3n) is 3.02. The number of ether oxygens (including phenoxy) is 1. The first-order valence-electron chi connectivity index (χ1n) is 6.07. The van der Waals surface area contributed by atoms with Gasteiger partial charge in [-0.25, -0.2) is 9.97 Å². The first-order valence-corrected chi connectivity index (χ1v) is 6.07. The van der Waals surface area contributed by atoms with Crippen LogP contribution in [0.4, 0.5) is 0 Å². The molecule has 0 bridgehead atoms.